The standard InChI is InChI=1S/C14H8F3NO3/c15-7-5-9(16)12(10(17)6-7)13(19)18-11-4-2-1-3-8(11)14(20)21/h1-6H,(H,18,19)(H,20,21). The van der Waals surface area contributed by atoms with E-state index in [1.165, 1.54) is 24.3 Å². The molecule has 0 aliphatic heterocycles. The number of nitrogens with one attached hydrogen (secondary N) is 1. The molecule has 2 aromatic carbocycles. The summed E-state index contributed by atoms with van der Waals surface area (Å²) in [6, 6.07) is 6.08. The number of rotatable bonds is 3. The molecule has 2 aromatic rings. The van der Waals surface area contributed by atoms with Gasteiger partial charge in [-0.05, 0) is 12.1 Å². The molecule has 0 bridgehead atoms. The number of amides is 1. The maximum atomic E-state index is 13.5. The Bertz CT molecular complexity index is 708. The molecule has 0 aliphatic rings. The van der Waals surface area contributed by atoms with Crippen molar-refractivity contribution >= 4 is 17.6 Å². The number of anilines is 1. The Hall–Kier alpha value is -2.83. The molecule has 4 nitrogen and oxygen atoms in total. The fourth-order valence-electron chi connectivity index (χ4n) is 1.72. The van der Waals surface area contributed by atoms with Crippen LogP contribution in [-0.2, 0) is 0 Å². The molecule has 0 fully saturated rings. The molecule has 21 heavy (non-hydrogen) atoms. The lowest BCUT2D eigenvalue weighted by molar-refractivity contribution is 0.0698. The van der Waals surface area contributed by atoms with E-state index < -0.39 is 34.9 Å². The molecule has 0 saturated heterocycles. The van der Waals surface area contributed by atoms with E-state index in [9.17, 15) is 22.8 Å². The fourth-order valence-corrected chi connectivity index (χ4v) is 1.72. The molecule has 7 heteroatoms. The average Bonchev–Trinajstić information content (AvgIpc) is 2.37. The van der Waals surface area contributed by atoms with Gasteiger partial charge in [-0.15, -0.1) is 0 Å². The third kappa shape index (κ3) is 3.02. The Morgan fingerprint density at radius 2 is 1.57 bits per heavy atom. The summed E-state index contributed by atoms with van der Waals surface area (Å²) in [5.41, 5.74) is -1.36. The van der Waals surface area contributed by atoms with Crippen LogP contribution in [0.15, 0.2) is 36.4 Å². The summed E-state index contributed by atoms with van der Waals surface area (Å²) in [7, 11) is 0. The molecule has 0 radical (unpaired) electrons. The maximum absolute atomic E-state index is 13.5. The number of carboxylic acids is 1. The van der Waals surface area contributed by atoms with Gasteiger partial charge in [0.1, 0.15) is 23.0 Å². The second-order valence-corrected chi connectivity index (χ2v) is 4.05. The van der Waals surface area contributed by atoms with Gasteiger partial charge in [0, 0.05) is 12.1 Å². The molecule has 0 heterocycles. The molecule has 0 atom stereocenters. The predicted molar refractivity (Wildman–Crippen MR) is 67.7 cm³/mol. The zero-order chi connectivity index (χ0) is 15.6. The second kappa shape index (κ2) is 5.66. The molecule has 108 valence electrons. The molecule has 0 spiro atoms. The summed E-state index contributed by atoms with van der Waals surface area (Å²) < 4.78 is 39.7. The van der Waals surface area contributed by atoms with Gasteiger partial charge in [0.05, 0.1) is 11.3 Å². The Morgan fingerprint density at radius 3 is 2.14 bits per heavy atom. The average molecular weight is 295 g/mol. The fraction of sp³-hybridized carbons (Fsp3) is 0. The van der Waals surface area contributed by atoms with Crippen molar-refractivity contribution in [2.45, 2.75) is 0 Å². The van der Waals surface area contributed by atoms with E-state index in [1.807, 2.05) is 0 Å². The first kappa shape index (κ1) is 14.6. The lowest BCUT2D eigenvalue weighted by Gasteiger charge is -2.09. The van der Waals surface area contributed by atoms with Crippen LogP contribution in [0.1, 0.15) is 20.7 Å². The van der Waals surface area contributed by atoms with Crippen LogP contribution in [0.3, 0.4) is 0 Å². The minimum atomic E-state index is -1.38. The zero-order valence-electron chi connectivity index (χ0n) is 10.4. The van der Waals surface area contributed by atoms with Gasteiger partial charge in [0.25, 0.3) is 5.91 Å². The van der Waals surface area contributed by atoms with Gasteiger partial charge in [0.2, 0.25) is 0 Å². The number of benzene rings is 2. The van der Waals surface area contributed by atoms with Crippen molar-refractivity contribution in [3.05, 3.63) is 65.0 Å². The number of hydrogen-bond donors (Lipinski definition) is 2. The molecule has 0 aliphatic carbocycles. The van der Waals surface area contributed by atoms with E-state index >= 15 is 0 Å². The van der Waals surface area contributed by atoms with Crippen LogP contribution in [-0.4, -0.2) is 17.0 Å². The highest BCUT2D eigenvalue weighted by Crippen LogP contribution is 2.19. The topological polar surface area (TPSA) is 66.4 Å². The van der Waals surface area contributed by atoms with E-state index in [0.717, 1.165) is 0 Å². The maximum Gasteiger partial charge on any atom is 0.337 e. The summed E-state index contributed by atoms with van der Waals surface area (Å²) in [6.07, 6.45) is 0. The third-order valence-corrected chi connectivity index (χ3v) is 2.64. The van der Waals surface area contributed by atoms with Crippen LogP contribution >= 0.6 is 0 Å². The highest BCUT2D eigenvalue weighted by molar-refractivity contribution is 6.08. The van der Waals surface area contributed by atoms with Crippen molar-refractivity contribution < 1.29 is 27.9 Å². The van der Waals surface area contributed by atoms with Crippen molar-refractivity contribution in [2.75, 3.05) is 5.32 Å². The Balaban J connectivity index is 2.38. The first-order chi connectivity index (χ1) is 9.90. The SMILES string of the molecule is O=C(O)c1ccccc1NC(=O)c1c(F)cc(F)cc1F. The van der Waals surface area contributed by atoms with Gasteiger partial charge in [-0.3, -0.25) is 4.79 Å². The number of carboxylic acid groups (broad SMARTS) is 1. The molecule has 2 N–H and O–H groups in total. The monoisotopic (exact) mass is 295 g/mol. The molecule has 0 unspecified atom stereocenters. The number of carbonyl (C=O) groups is 2. The van der Waals surface area contributed by atoms with Gasteiger partial charge in [-0.25, -0.2) is 18.0 Å². The Labute approximate surface area is 116 Å². The number of aromatic carboxylic acids is 1. The van der Waals surface area contributed by atoms with E-state index in [2.05, 4.69) is 5.32 Å². The van der Waals surface area contributed by atoms with Crippen LogP contribution in [0.25, 0.3) is 0 Å². The van der Waals surface area contributed by atoms with Crippen molar-refractivity contribution in [1.82, 2.24) is 0 Å². The molecule has 2 rings (SSSR count). The lowest BCUT2D eigenvalue weighted by atomic mass is 10.1. The molecule has 0 saturated carbocycles. The number of halogens is 3. The summed E-state index contributed by atoms with van der Waals surface area (Å²) in [5.74, 6) is -6.44. The van der Waals surface area contributed by atoms with Crippen LogP contribution < -0.4 is 5.32 Å². The summed E-state index contributed by atoms with van der Waals surface area (Å²) >= 11 is 0. The smallest absolute Gasteiger partial charge is 0.337 e. The van der Waals surface area contributed by atoms with Gasteiger partial charge in [0.15, 0.2) is 0 Å². The number of carbonyl (C=O) groups excluding carboxylic acids is 1. The zero-order valence-corrected chi connectivity index (χ0v) is 10.4. The minimum Gasteiger partial charge on any atom is -0.478 e. The van der Waals surface area contributed by atoms with Crippen LogP contribution in [0, 0.1) is 17.5 Å². The molecule has 0 aromatic heterocycles. The van der Waals surface area contributed by atoms with Crippen LogP contribution in [0.4, 0.5) is 18.9 Å². The summed E-state index contributed by atoms with van der Waals surface area (Å²) in [6.45, 7) is 0. The van der Waals surface area contributed by atoms with Gasteiger partial charge >= 0.3 is 5.97 Å². The summed E-state index contributed by atoms with van der Waals surface area (Å²) in [5, 5.41) is 11.0. The van der Waals surface area contributed by atoms with E-state index in [1.54, 1.807) is 0 Å². The highest BCUT2D eigenvalue weighted by Gasteiger charge is 2.20. The van der Waals surface area contributed by atoms with Gasteiger partial charge < -0.3 is 10.4 Å². The Kier molecular flexibility index (Phi) is 3.93. The van der Waals surface area contributed by atoms with Crippen molar-refractivity contribution in [3.8, 4) is 0 Å². The third-order valence-electron chi connectivity index (χ3n) is 2.64. The second-order valence-electron chi connectivity index (χ2n) is 4.05. The van der Waals surface area contributed by atoms with E-state index in [0.29, 0.717) is 12.1 Å². The Morgan fingerprint density at radius 1 is 1.00 bits per heavy atom. The van der Waals surface area contributed by atoms with E-state index in [-0.39, 0.29) is 11.3 Å². The molecular formula is C14H8F3NO3. The van der Waals surface area contributed by atoms with Crippen LogP contribution in [0.2, 0.25) is 0 Å². The molecular weight excluding hydrogens is 287 g/mol. The highest BCUT2D eigenvalue weighted by atomic mass is 19.1. The predicted octanol–water partition coefficient (Wildman–Crippen LogP) is 3.05. The van der Waals surface area contributed by atoms with Crippen molar-refractivity contribution in [2.24, 2.45) is 0 Å². The first-order valence-corrected chi connectivity index (χ1v) is 5.68. The normalized spacial score (nSPS) is 10.2. The first-order valence-electron chi connectivity index (χ1n) is 5.68. The van der Waals surface area contributed by atoms with Gasteiger partial charge in [-0.2, -0.15) is 0 Å². The van der Waals surface area contributed by atoms with E-state index in [4.69, 9.17) is 5.11 Å². The van der Waals surface area contributed by atoms with Crippen molar-refractivity contribution in [3.63, 3.8) is 0 Å². The van der Waals surface area contributed by atoms with Crippen LogP contribution in [0.5, 0.6) is 0 Å². The van der Waals surface area contributed by atoms with Gasteiger partial charge in [-0.1, -0.05) is 12.1 Å². The number of para-hydroxylation sites is 1. The van der Waals surface area contributed by atoms with Crippen molar-refractivity contribution in [1.29, 1.82) is 0 Å². The minimum absolute atomic E-state index is 0.127. The molecule has 1 amide bonds. The lowest BCUT2D eigenvalue weighted by Crippen LogP contribution is -2.18. The summed E-state index contributed by atoms with van der Waals surface area (Å²) in [4.78, 5) is 22.8. The largest absolute Gasteiger partial charge is 0.478 e. The number of hydrogen-bond acceptors (Lipinski definition) is 2. The quantitative estimate of drug-likeness (QED) is 0.914.